The maximum atomic E-state index is 15.0. The Bertz CT molecular complexity index is 1210. The molecule has 0 bridgehead atoms. The van der Waals surface area contributed by atoms with Crippen LogP contribution in [0.3, 0.4) is 0 Å². The Morgan fingerprint density at radius 2 is 2.00 bits per heavy atom. The Hall–Kier alpha value is -2.50. The zero-order chi connectivity index (χ0) is 26.5. The minimum absolute atomic E-state index is 0.206. The van der Waals surface area contributed by atoms with Gasteiger partial charge in [-0.25, -0.2) is 13.8 Å². The number of hydrogen-bond donors (Lipinski definition) is 2. The number of benzene rings is 1. The molecule has 1 unspecified atom stereocenters. The number of aromatic nitrogens is 2. The third kappa shape index (κ3) is 7.75. The summed E-state index contributed by atoms with van der Waals surface area (Å²) in [6.45, 7) is 4.10. The number of rotatable bonds is 11. The number of halogens is 2. The van der Waals surface area contributed by atoms with Gasteiger partial charge in [0.05, 0.1) is 25.4 Å². The maximum Gasteiger partial charge on any atom is 0.459 e. The van der Waals surface area contributed by atoms with E-state index in [1.54, 1.807) is 44.2 Å². The molecule has 1 aromatic heterocycles. The van der Waals surface area contributed by atoms with Gasteiger partial charge in [-0.3, -0.25) is 23.7 Å². The minimum atomic E-state index is -4.18. The van der Waals surface area contributed by atoms with Gasteiger partial charge >= 0.3 is 19.4 Å². The van der Waals surface area contributed by atoms with Crippen molar-refractivity contribution in [1.82, 2.24) is 14.6 Å². The third-order valence-corrected chi connectivity index (χ3v) is 7.08. The first-order valence-electron chi connectivity index (χ1n) is 11.2. The molecule has 1 aromatic carbocycles. The first kappa shape index (κ1) is 28.1. The van der Waals surface area contributed by atoms with Crippen LogP contribution in [0.25, 0.3) is 0 Å². The van der Waals surface area contributed by atoms with E-state index >= 15 is 4.39 Å². The molecule has 1 aliphatic rings. The van der Waals surface area contributed by atoms with Crippen LogP contribution in [0.4, 0.5) is 4.39 Å². The predicted molar refractivity (Wildman–Crippen MR) is 129 cm³/mol. The van der Waals surface area contributed by atoms with Crippen LogP contribution in [0.1, 0.15) is 27.2 Å². The summed E-state index contributed by atoms with van der Waals surface area (Å²) in [5.74, 6) is -0.463. The van der Waals surface area contributed by atoms with E-state index in [9.17, 15) is 18.9 Å². The largest absolute Gasteiger partial charge is 0.462 e. The quantitative estimate of drug-likeness (QED) is 0.247. The zero-order valence-electron chi connectivity index (χ0n) is 19.9. The summed E-state index contributed by atoms with van der Waals surface area (Å²) in [6, 6.07) is 8.19. The fourth-order valence-electron chi connectivity index (χ4n) is 3.37. The molecule has 0 radical (unpaired) electrons. The fraction of sp³-hybridized carbons (Fsp3) is 0.500. The highest BCUT2D eigenvalue weighted by Gasteiger charge is 2.49. The normalized spacial score (nSPS) is 24.3. The van der Waals surface area contributed by atoms with E-state index in [0.29, 0.717) is 0 Å². The average Bonchev–Trinajstić information content (AvgIpc) is 3.07. The van der Waals surface area contributed by atoms with Crippen LogP contribution in [0.5, 0.6) is 5.75 Å². The fourth-order valence-corrected chi connectivity index (χ4v) is 5.19. The highest BCUT2D eigenvalue weighted by atomic mass is 35.5. The Kier molecular flexibility index (Phi) is 9.13. The number of carbonyl (C=O) groups excluding carboxylic acids is 1. The van der Waals surface area contributed by atoms with Gasteiger partial charge in [0.1, 0.15) is 17.9 Å². The SMILES string of the molecule is CC(C)OC(=O)[C@H](C)NP(=O)(OC[C@@H]1C[C@](F)(Cl)[C@H](Cn2ccc(=O)[nH]c2=O)O1)Oc1ccccc1. The number of aromatic amines is 1. The Labute approximate surface area is 211 Å². The van der Waals surface area contributed by atoms with Crippen molar-refractivity contribution in [2.75, 3.05) is 6.61 Å². The maximum absolute atomic E-state index is 15.0. The van der Waals surface area contributed by atoms with E-state index in [1.165, 1.54) is 13.1 Å². The second kappa shape index (κ2) is 11.7. The predicted octanol–water partition coefficient (Wildman–Crippen LogP) is 2.73. The molecule has 1 saturated heterocycles. The number of carbonyl (C=O) groups is 1. The van der Waals surface area contributed by atoms with Gasteiger partial charge in [-0.2, -0.15) is 5.09 Å². The van der Waals surface area contributed by atoms with Crippen LogP contribution in [-0.4, -0.2) is 51.6 Å². The number of ether oxygens (including phenoxy) is 2. The summed E-state index contributed by atoms with van der Waals surface area (Å²) >= 11 is 6.00. The smallest absolute Gasteiger partial charge is 0.459 e. The van der Waals surface area contributed by atoms with Crippen molar-refractivity contribution in [3.63, 3.8) is 0 Å². The number of H-pyrrole nitrogens is 1. The second-order valence-electron chi connectivity index (χ2n) is 8.51. The standard InChI is InChI=1S/C22H28ClFN3O8P/c1-14(2)33-20(29)15(3)26-36(31,35-16-7-5-4-6-8-16)32-13-17-11-22(23,24)18(34-17)12-27-10-9-19(28)25-21(27)30/h4-10,14-15,17-18H,11-13H2,1-3H3,(H,26,31)(H,25,28,30)/t15-,17-,18-,22+,36?/m0/s1. The van der Waals surface area contributed by atoms with E-state index in [2.05, 4.69) is 10.1 Å². The van der Waals surface area contributed by atoms with Crippen molar-refractivity contribution < 1.29 is 32.3 Å². The highest BCUT2D eigenvalue weighted by Crippen LogP contribution is 2.47. The van der Waals surface area contributed by atoms with Crippen molar-refractivity contribution in [3.05, 3.63) is 63.4 Å². The number of esters is 1. The van der Waals surface area contributed by atoms with Crippen molar-refractivity contribution in [2.24, 2.45) is 0 Å². The monoisotopic (exact) mass is 547 g/mol. The molecule has 2 heterocycles. The van der Waals surface area contributed by atoms with Gasteiger partial charge in [0, 0.05) is 18.7 Å². The lowest BCUT2D eigenvalue weighted by atomic mass is 10.1. The molecule has 0 saturated carbocycles. The van der Waals surface area contributed by atoms with E-state index < -0.39 is 61.1 Å². The van der Waals surface area contributed by atoms with Crippen molar-refractivity contribution in [1.29, 1.82) is 0 Å². The number of nitrogens with zero attached hydrogens (tertiary/aromatic N) is 1. The molecule has 11 nitrogen and oxygen atoms in total. The van der Waals surface area contributed by atoms with Crippen LogP contribution in [0.15, 0.2) is 52.2 Å². The number of para-hydroxylation sites is 1. The summed E-state index contributed by atoms with van der Waals surface area (Å²) in [5, 5.41) is 0.165. The van der Waals surface area contributed by atoms with Crippen molar-refractivity contribution in [3.8, 4) is 5.75 Å². The Morgan fingerprint density at radius 1 is 1.31 bits per heavy atom. The third-order valence-electron chi connectivity index (χ3n) is 5.04. The van der Waals surface area contributed by atoms with Gasteiger partial charge in [0.15, 0.2) is 0 Å². The lowest BCUT2D eigenvalue weighted by Crippen LogP contribution is -2.37. The van der Waals surface area contributed by atoms with Crippen LogP contribution in [-0.2, 0) is 29.9 Å². The van der Waals surface area contributed by atoms with Crippen molar-refractivity contribution >= 4 is 25.3 Å². The minimum Gasteiger partial charge on any atom is -0.462 e. The molecule has 2 aromatic rings. The Morgan fingerprint density at radius 3 is 2.64 bits per heavy atom. The van der Waals surface area contributed by atoms with Crippen molar-refractivity contribution in [2.45, 2.75) is 63.2 Å². The molecule has 0 aliphatic carbocycles. The van der Waals surface area contributed by atoms with Crippen LogP contribution >= 0.6 is 19.3 Å². The summed E-state index contributed by atoms with van der Waals surface area (Å²) in [6.07, 6.45) is -1.75. The molecular formula is C22H28ClFN3O8P. The van der Waals surface area contributed by atoms with Gasteiger partial charge in [0.2, 0.25) is 5.13 Å². The lowest BCUT2D eigenvalue weighted by Gasteiger charge is -2.24. The lowest BCUT2D eigenvalue weighted by molar-refractivity contribution is -0.149. The summed E-state index contributed by atoms with van der Waals surface area (Å²) in [5.41, 5.74) is -1.34. The van der Waals surface area contributed by atoms with Crippen LogP contribution in [0, 0.1) is 0 Å². The molecular weight excluding hydrogens is 520 g/mol. The first-order valence-corrected chi connectivity index (χ1v) is 13.1. The highest BCUT2D eigenvalue weighted by molar-refractivity contribution is 7.52. The first-order chi connectivity index (χ1) is 16.9. The van der Waals surface area contributed by atoms with Crippen LogP contribution < -0.4 is 20.9 Å². The van der Waals surface area contributed by atoms with Gasteiger partial charge in [-0.1, -0.05) is 29.8 Å². The summed E-state index contributed by atoms with van der Waals surface area (Å²) in [4.78, 5) is 37.5. The molecule has 198 valence electrons. The molecule has 14 heteroatoms. The summed E-state index contributed by atoms with van der Waals surface area (Å²) in [7, 11) is -4.18. The zero-order valence-corrected chi connectivity index (χ0v) is 21.5. The molecule has 3 rings (SSSR count). The van der Waals surface area contributed by atoms with E-state index in [0.717, 1.165) is 10.6 Å². The van der Waals surface area contributed by atoms with E-state index in [4.69, 9.17) is 30.1 Å². The molecule has 36 heavy (non-hydrogen) atoms. The second-order valence-corrected chi connectivity index (χ2v) is 10.8. The van der Waals surface area contributed by atoms with E-state index in [-0.39, 0.29) is 18.7 Å². The molecule has 0 spiro atoms. The van der Waals surface area contributed by atoms with Gasteiger partial charge < -0.3 is 14.0 Å². The number of nitrogens with one attached hydrogen (secondary N) is 2. The molecule has 5 atom stereocenters. The van der Waals surface area contributed by atoms with Gasteiger partial charge in [-0.05, 0) is 32.9 Å². The molecule has 0 amide bonds. The molecule has 2 N–H and O–H groups in total. The Balaban J connectivity index is 1.70. The molecule has 1 aliphatic heterocycles. The summed E-state index contributed by atoms with van der Waals surface area (Å²) < 4.78 is 51.5. The van der Waals surface area contributed by atoms with E-state index in [1.807, 2.05) is 0 Å². The van der Waals surface area contributed by atoms with Gasteiger partial charge in [0.25, 0.3) is 5.56 Å². The molecule has 1 fully saturated rings. The average molecular weight is 548 g/mol. The number of alkyl halides is 2. The topological polar surface area (TPSA) is 138 Å². The number of hydrogen-bond acceptors (Lipinski definition) is 8. The van der Waals surface area contributed by atoms with Crippen LogP contribution in [0.2, 0.25) is 0 Å². The van der Waals surface area contributed by atoms with Gasteiger partial charge in [-0.15, -0.1) is 0 Å².